The summed E-state index contributed by atoms with van der Waals surface area (Å²) in [5.41, 5.74) is 0.866. The Morgan fingerprint density at radius 2 is 1.71 bits per heavy atom. The number of ether oxygens (including phenoxy) is 2. The molecule has 2 rings (SSSR count). The van der Waals surface area contributed by atoms with Crippen molar-refractivity contribution in [1.29, 1.82) is 0 Å². The van der Waals surface area contributed by atoms with Gasteiger partial charge in [-0.15, -0.1) is 0 Å². The van der Waals surface area contributed by atoms with Gasteiger partial charge in [0.25, 0.3) is 0 Å². The van der Waals surface area contributed by atoms with Gasteiger partial charge < -0.3 is 9.47 Å². The molecule has 24 heavy (non-hydrogen) atoms. The second kappa shape index (κ2) is 8.21. The predicted molar refractivity (Wildman–Crippen MR) is 95.3 cm³/mol. The zero-order valence-electron chi connectivity index (χ0n) is 15.1. The van der Waals surface area contributed by atoms with Crippen LogP contribution in [0.4, 0.5) is 0 Å². The van der Waals surface area contributed by atoms with Crippen LogP contribution in [0.25, 0.3) is 0 Å². The van der Waals surface area contributed by atoms with Gasteiger partial charge >= 0.3 is 0 Å². The molecular weight excluding hydrogens is 326 g/mol. The van der Waals surface area contributed by atoms with Crippen molar-refractivity contribution < 1.29 is 17.9 Å². The molecule has 0 bridgehead atoms. The maximum absolute atomic E-state index is 13.0. The van der Waals surface area contributed by atoms with E-state index in [1.165, 1.54) is 6.42 Å². The van der Waals surface area contributed by atoms with Gasteiger partial charge in [0.2, 0.25) is 10.0 Å². The van der Waals surface area contributed by atoms with E-state index in [2.05, 4.69) is 11.6 Å². The summed E-state index contributed by atoms with van der Waals surface area (Å²) in [6, 6.07) is 3.31. The highest BCUT2D eigenvalue weighted by molar-refractivity contribution is 7.89. The second-order valence-electron chi connectivity index (χ2n) is 6.42. The molecular formula is C18H29NO4S. The summed E-state index contributed by atoms with van der Waals surface area (Å²) in [5, 5.41) is 0. The molecule has 1 N–H and O–H groups in total. The maximum Gasteiger partial charge on any atom is 0.244 e. The summed E-state index contributed by atoms with van der Waals surface area (Å²) in [4.78, 5) is 0.163. The molecule has 1 aliphatic carbocycles. The van der Waals surface area contributed by atoms with E-state index < -0.39 is 10.0 Å². The monoisotopic (exact) mass is 355 g/mol. The summed E-state index contributed by atoms with van der Waals surface area (Å²) in [6.45, 7) is 8.62. The van der Waals surface area contributed by atoms with Crippen LogP contribution in [0.3, 0.4) is 0 Å². The molecule has 1 fully saturated rings. The van der Waals surface area contributed by atoms with E-state index in [4.69, 9.17) is 9.47 Å². The molecule has 0 saturated heterocycles. The van der Waals surface area contributed by atoms with Gasteiger partial charge in [-0.2, -0.15) is 0 Å². The van der Waals surface area contributed by atoms with Gasteiger partial charge in [-0.05, 0) is 51.2 Å². The highest BCUT2D eigenvalue weighted by Gasteiger charge is 2.29. The van der Waals surface area contributed by atoms with E-state index in [-0.39, 0.29) is 10.9 Å². The number of hydrogen-bond acceptors (Lipinski definition) is 4. The highest BCUT2D eigenvalue weighted by Crippen LogP contribution is 2.33. The van der Waals surface area contributed by atoms with Crippen molar-refractivity contribution >= 4 is 10.0 Å². The summed E-state index contributed by atoms with van der Waals surface area (Å²) < 4.78 is 40.0. The van der Waals surface area contributed by atoms with Gasteiger partial charge in [-0.25, -0.2) is 13.1 Å². The summed E-state index contributed by atoms with van der Waals surface area (Å²) in [7, 11) is -3.66. The van der Waals surface area contributed by atoms with Crippen LogP contribution in [0.15, 0.2) is 17.0 Å². The fourth-order valence-corrected chi connectivity index (χ4v) is 4.71. The van der Waals surface area contributed by atoms with Gasteiger partial charge in [0.15, 0.2) is 0 Å². The lowest BCUT2D eigenvalue weighted by Crippen LogP contribution is -2.41. The fourth-order valence-electron chi connectivity index (χ4n) is 3.19. The normalized spacial score (nSPS) is 21.5. The number of hydrogen-bond donors (Lipinski definition) is 1. The van der Waals surface area contributed by atoms with Crippen molar-refractivity contribution in [3.63, 3.8) is 0 Å². The average molecular weight is 356 g/mol. The summed E-state index contributed by atoms with van der Waals surface area (Å²) >= 11 is 0. The Labute approximate surface area is 145 Å². The molecule has 1 saturated carbocycles. The lowest BCUT2D eigenvalue weighted by Gasteiger charge is -2.29. The molecule has 0 aromatic heterocycles. The largest absolute Gasteiger partial charge is 0.494 e. The fraction of sp³-hybridized carbons (Fsp3) is 0.667. The molecule has 0 unspecified atom stereocenters. The van der Waals surface area contributed by atoms with Crippen molar-refractivity contribution in [3.05, 3.63) is 17.7 Å². The minimum Gasteiger partial charge on any atom is -0.494 e. The molecule has 0 aliphatic heterocycles. The van der Waals surface area contributed by atoms with Crippen molar-refractivity contribution in [2.75, 3.05) is 13.2 Å². The quantitative estimate of drug-likeness (QED) is 0.811. The zero-order chi connectivity index (χ0) is 17.7. The van der Waals surface area contributed by atoms with Gasteiger partial charge in [-0.3, -0.25) is 0 Å². The first kappa shape index (κ1) is 19.1. The van der Waals surface area contributed by atoms with E-state index >= 15 is 0 Å². The average Bonchev–Trinajstić information content (AvgIpc) is 2.52. The maximum atomic E-state index is 13.0. The van der Waals surface area contributed by atoms with Crippen LogP contribution < -0.4 is 14.2 Å². The minimum absolute atomic E-state index is 0.0185. The van der Waals surface area contributed by atoms with Crippen LogP contribution in [0.1, 0.15) is 52.0 Å². The van der Waals surface area contributed by atoms with Gasteiger partial charge in [0.05, 0.1) is 13.2 Å². The third kappa shape index (κ3) is 4.42. The van der Waals surface area contributed by atoms with E-state index in [9.17, 15) is 8.42 Å². The second-order valence-corrected chi connectivity index (χ2v) is 8.10. The molecule has 0 heterocycles. The number of rotatable bonds is 7. The molecule has 5 nitrogen and oxygen atoms in total. The predicted octanol–water partition coefficient (Wildman–Crippen LogP) is 3.65. The van der Waals surface area contributed by atoms with E-state index in [0.717, 1.165) is 24.8 Å². The number of benzene rings is 1. The molecule has 136 valence electrons. The third-order valence-electron chi connectivity index (χ3n) is 4.55. The summed E-state index contributed by atoms with van der Waals surface area (Å²) in [5.74, 6) is 1.31. The lowest BCUT2D eigenvalue weighted by atomic mass is 9.87. The van der Waals surface area contributed by atoms with E-state index in [1.54, 1.807) is 12.1 Å². The Bertz CT molecular complexity index is 657. The minimum atomic E-state index is -3.66. The number of sulfonamides is 1. The Morgan fingerprint density at radius 3 is 2.33 bits per heavy atom. The lowest BCUT2D eigenvalue weighted by molar-refractivity contribution is 0.307. The molecule has 0 radical (unpaired) electrons. The van der Waals surface area contributed by atoms with Crippen molar-refractivity contribution in [1.82, 2.24) is 4.72 Å². The highest BCUT2D eigenvalue weighted by atomic mass is 32.2. The SMILES string of the molecule is CCOc1cc(S(=O)(=O)N[C@H]2CCCC[C@@H]2C)c(OCC)cc1C. The van der Waals surface area contributed by atoms with Crippen LogP contribution in [-0.4, -0.2) is 27.7 Å². The first-order chi connectivity index (χ1) is 11.4. The van der Waals surface area contributed by atoms with Crippen molar-refractivity contribution in [2.45, 2.75) is 64.3 Å². The van der Waals surface area contributed by atoms with Gasteiger partial charge in [0.1, 0.15) is 16.4 Å². The Balaban J connectivity index is 2.37. The van der Waals surface area contributed by atoms with Crippen LogP contribution in [0.5, 0.6) is 11.5 Å². The molecule has 2 atom stereocenters. The first-order valence-electron chi connectivity index (χ1n) is 8.81. The standard InChI is InChI=1S/C18H29NO4S/c1-5-22-16-12-18(17(23-6-2)11-14(16)4)24(20,21)19-15-10-8-7-9-13(15)3/h11-13,15,19H,5-10H2,1-4H3/t13-,15-/m0/s1. The van der Waals surface area contributed by atoms with Gasteiger partial charge in [0, 0.05) is 12.1 Å². The summed E-state index contributed by atoms with van der Waals surface area (Å²) in [6.07, 6.45) is 4.18. The topological polar surface area (TPSA) is 64.6 Å². The Morgan fingerprint density at radius 1 is 1.08 bits per heavy atom. The molecule has 1 aliphatic rings. The molecule has 0 spiro atoms. The smallest absolute Gasteiger partial charge is 0.244 e. The first-order valence-corrected chi connectivity index (χ1v) is 10.3. The molecule has 0 amide bonds. The molecule has 1 aromatic rings. The van der Waals surface area contributed by atoms with Crippen molar-refractivity contribution in [2.24, 2.45) is 5.92 Å². The van der Waals surface area contributed by atoms with Crippen LogP contribution >= 0.6 is 0 Å². The van der Waals surface area contributed by atoms with Crippen LogP contribution in [0.2, 0.25) is 0 Å². The Kier molecular flexibility index (Phi) is 6.52. The zero-order valence-corrected chi connectivity index (χ0v) is 15.9. The number of aryl methyl sites for hydroxylation is 1. The molecule has 1 aromatic carbocycles. The van der Waals surface area contributed by atoms with Crippen molar-refractivity contribution in [3.8, 4) is 11.5 Å². The van der Waals surface area contributed by atoms with Gasteiger partial charge in [-0.1, -0.05) is 19.8 Å². The van der Waals surface area contributed by atoms with E-state index in [1.807, 2.05) is 20.8 Å². The van der Waals surface area contributed by atoms with Crippen LogP contribution in [0, 0.1) is 12.8 Å². The number of nitrogens with one attached hydrogen (secondary N) is 1. The van der Waals surface area contributed by atoms with E-state index in [0.29, 0.717) is 30.6 Å². The van der Waals surface area contributed by atoms with Crippen LogP contribution in [-0.2, 0) is 10.0 Å². The third-order valence-corrected chi connectivity index (χ3v) is 6.06. The molecule has 6 heteroatoms. The Hall–Kier alpha value is -1.27.